The van der Waals surface area contributed by atoms with Gasteiger partial charge in [0.1, 0.15) is 11.8 Å². The second-order valence-electron chi connectivity index (χ2n) is 13.1. The molecule has 0 bridgehead atoms. The summed E-state index contributed by atoms with van der Waals surface area (Å²) >= 11 is 0. The summed E-state index contributed by atoms with van der Waals surface area (Å²) in [7, 11) is 1.63. The van der Waals surface area contributed by atoms with Gasteiger partial charge < -0.3 is 25.6 Å². The number of amides is 4. The zero-order chi connectivity index (χ0) is 39.9. The first-order valence-electron chi connectivity index (χ1n) is 18.2. The third-order valence-electron chi connectivity index (χ3n) is 9.47. The van der Waals surface area contributed by atoms with Crippen molar-refractivity contribution in [1.29, 1.82) is 0 Å². The first kappa shape index (κ1) is 40.6. The molecule has 5 aromatic carbocycles. The van der Waals surface area contributed by atoms with Crippen LogP contribution in [-0.2, 0) is 23.4 Å². The van der Waals surface area contributed by atoms with Crippen LogP contribution in [0.25, 0.3) is 0 Å². The van der Waals surface area contributed by atoms with Gasteiger partial charge in [-0.15, -0.1) is 0 Å². The summed E-state index contributed by atoms with van der Waals surface area (Å²) in [4.78, 5) is 51.2. The van der Waals surface area contributed by atoms with Crippen LogP contribution in [0.5, 0.6) is 5.75 Å². The largest absolute Gasteiger partial charge is 0.497 e. The van der Waals surface area contributed by atoms with Crippen LogP contribution < -0.4 is 20.7 Å². The van der Waals surface area contributed by atoms with Crippen molar-refractivity contribution < 1.29 is 34.3 Å². The predicted octanol–water partition coefficient (Wildman–Crippen LogP) is 7.09. The van der Waals surface area contributed by atoms with Crippen molar-refractivity contribution in [2.75, 3.05) is 25.5 Å². The van der Waals surface area contributed by atoms with Crippen LogP contribution in [0.1, 0.15) is 47.1 Å². The van der Waals surface area contributed by atoms with Crippen LogP contribution in [0, 0.1) is 10.1 Å². The molecule has 13 nitrogen and oxygen atoms in total. The number of carbonyl (C=O) groups is 3. The second-order valence-corrected chi connectivity index (χ2v) is 13.1. The number of unbranched alkanes of at least 4 members (excludes halogenated alkanes) is 2. The number of ether oxygens (including phenoxy) is 1. The van der Waals surface area contributed by atoms with Gasteiger partial charge in [0, 0.05) is 30.8 Å². The van der Waals surface area contributed by atoms with Crippen molar-refractivity contribution in [3.63, 3.8) is 0 Å². The Bertz CT molecular complexity index is 2010. The van der Waals surface area contributed by atoms with Crippen LogP contribution >= 0.6 is 0 Å². The highest BCUT2D eigenvalue weighted by atomic mass is 16.6. The van der Waals surface area contributed by atoms with E-state index < -0.39 is 34.5 Å². The Balaban J connectivity index is 1.34. The van der Waals surface area contributed by atoms with Gasteiger partial charge in [0.05, 0.1) is 24.2 Å². The number of imide groups is 1. The van der Waals surface area contributed by atoms with E-state index in [-0.39, 0.29) is 25.3 Å². The Kier molecular flexibility index (Phi) is 14.3. The Labute approximate surface area is 325 Å². The smallest absolute Gasteiger partial charge is 0.405 e. The number of rotatable bonds is 18. The first-order chi connectivity index (χ1) is 27.1. The number of anilines is 1. The fraction of sp³-hybridized carbons (Fsp3) is 0.233. The van der Waals surface area contributed by atoms with Crippen LogP contribution in [0.2, 0.25) is 0 Å². The van der Waals surface area contributed by atoms with Crippen LogP contribution in [0.15, 0.2) is 133 Å². The molecule has 5 N–H and O–H groups in total. The highest BCUT2D eigenvalue weighted by Gasteiger charge is 2.36. The maximum Gasteiger partial charge on any atom is 0.405 e. The van der Waals surface area contributed by atoms with Gasteiger partial charge in [0.25, 0.3) is 11.6 Å². The van der Waals surface area contributed by atoms with Crippen LogP contribution in [0.3, 0.4) is 0 Å². The van der Waals surface area contributed by atoms with Crippen molar-refractivity contribution >= 4 is 29.4 Å². The zero-order valence-electron chi connectivity index (χ0n) is 31.0. The minimum Gasteiger partial charge on any atom is -0.497 e. The topological polar surface area (TPSA) is 183 Å². The van der Waals surface area contributed by atoms with Crippen molar-refractivity contribution in [1.82, 2.24) is 15.5 Å². The summed E-state index contributed by atoms with van der Waals surface area (Å²) in [5.41, 5.74) is 3.71. The van der Waals surface area contributed by atoms with Crippen molar-refractivity contribution in [3.8, 4) is 5.75 Å². The Morgan fingerprint density at radius 3 is 1.88 bits per heavy atom. The Morgan fingerprint density at radius 1 is 0.768 bits per heavy atom. The number of urea groups is 1. The van der Waals surface area contributed by atoms with E-state index in [1.807, 2.05) is 60.7 Å². The van der Waals surface area contributed by atoms with E-state index >= 15 is 0 Å². The lowest BCUT2D eigenvalue weighted by atomic mass is 9.77. The molecule has 0 aromatic heterocycles. The zero-order valence-corrected chi connectivity index (χ0v) is 31.0. The van der Waals surface area contributed by atoms with E-state index in [9.17, 15) is 34.7 Å². The van der Waals surface area contributed by atoms with Gasteiger partial charge in [0.2, 0.25) is 0 Å². The molecule has 13 heteroatoms. The van der Waals surface area contributed by atoms with Gasteiger partial charge >= 0.3 is 12.1 Å². The lowest BCUT2D eigenvalue weighted by Gasteiger charge is -2.37. The third-order valence-corrected chi connectivity index (χ3v) is 9.47. The van der Waals surface area contributed by atoms with E-state index in [1.54, 1.807) is 31.4 Å². The summed E-state index contributed by atoms with van der Waals surface area (Å²) in [6.07, 6.45) is 0.0799. The number of hydrogen-bond acceptors (Lipinski definition) is 8. The van der Waals surface area contributed by atoms with Gasteiger partial charge in [-0.3, -0.25) is 25.1 Å². The number of carboxylic acid groups (broad SMARTS) is 1. The number of nitrogens with zero attached hydrogens (tertiary/aromatic N) is 2. The maximum atomic E-state index is 14.0. The molecule has 0 aliphatic heterocycles. The Hall–Kier alpha value is -6.57. The van der Waals surface area contributed by atoms with Gasteiger partial charge in [-0.05, 0) is 71.5 Å². The SMILES string of the molecule is COc1ccc(C(NCCCCCN(C(=O)Nc2ccc(CO)cc2)C(=O)[C@H](Cc2ccc([N+](=O)[O-])cc2)NC(=O)O)(c2ccccc2)c2ccccc2)cc1. The fourth-order valence-electron chi connectivity index (χ4n) is 6.59. The number of benzene rings is 5. The van der Waals surface area contributed by atoms with Crippen LogP contribution in [-0.4, -0.2) is 64.3 Å². The lowest BCUT2D eigenvalue weighted by molar-refractivity contribution is -0.384. The average Bonchev–Trinajstić information content (AvgIpc) is 3.22. The molecule has 0 aliphatic rings. The molecule has 1 atom stereocenters. The van der Waals surface area contributed by atoms with Gasteiger partial charge in [-0.2, -0.15) is 0 Å². The highest BCUT2D eigenvalue weighted by Crippen LogP contribution is 2.37. The molecular weight excluding hydrogens is 714 g/mol. The Morgan fingerprint density at radius 2 is 1.34 bits per heavy atom. The minimum atomic E-state index is -1.46. The van der Waals surface area contributed by atoms with Crippen molar-refractivity contribution in [3.05, 3.63) is 171 Å². The van der Waals surface area contributed by atoms with Crippen molar-refractivity contribution in [2.45, 2.75) is 43.9 Å². The number of nitrogens with one attached hydrogen (secondary N) is 3. The molecular formula is C43H45N5O8. The molecule has 0 saturated carbocycles. The van der Waals surface area contributed by atoms with E-state index in [0.717, 1.165) is 27.3 Å². The maximum absolute atomic E-state index is 14.0. The number of aliphatic hydroxyl groups is 1. The molecule has 0 heterocycles. The summed E-state index contributed by atoms with van der Waals surface area (Å²) in [5.74, 6) is -0.0392. The molecule has 0 aliphatic carbocycles. The average molecular weight is 760 g/mol. The highest BCUT2D eigenvalue weighted by molar-refractivity contribution is 6.03. The normalized spacial score (nSPS) is 11.6. The summed E-state index contributed by atoms with van der Waals surface area (Å²) < 4.78 is 5.45. The van der Waals surface area contributed by atoms with Crippen LogP contribution in [0.4, 0.5) is 21.0 Å². The van der Waals surface area contributed by atoms with Crippen molar-refractivity contribution in [2.24, 2.45) is 0 Å². The summed E-state index contributed by atoms with van der Waals surface area (Å²) in [6.45, 7) is 0.367. The van der Waals surface area contributed by atoms with Gasteiger partial charge in [-0.25, -0.2) is 9.59 Å². The van der Waals surface area contributed by atoms with Gasteiger partial charge in [-0.1, -0.05) is 103 Å². The molecule has 0 fully saturated rings. The number of nitro groups is 1. The van der Waals surface area contributed by atoms with Gasteiger partial charge in [0.15, 0.2) is 0 Å². The minimum absolute atomic E-state index is 0.0154. The molecule has 56 heavy (non-hydrogen) atoms. The molecule has 0 saturated heterocycles. The predicted molar refractivity (Wildman–Crippen MR) is 212 cm³/mol. The molecule has 4 amide bonds. The number of nitro benzene ring substituents is 1. The number of non-ortho nitro benzene ring substituents is 1. The molecule has 0 radical (unpaired) electrons. The quantitative estimate of drug-likeness (QED) is 0.0270. The van der Waals surface area contributed by atoms with E-state index in [1.165, 1.54) is 24.3 Å². The number of hydrogen-bond donors (Lipinski definition) is 5. The fourth-order valence-corrected chi connectivity index (χ4v) is 6.59. The standard InChI is InChI=1S/C43H45N5O8/c1-56-38-25-19-35(20-26-38)43(33-11-5-2-6-12-33,34-13-7-3-8-14-34)44-27-9-4-10-28-47(41(51)45-36-21-15-32(30-49)16-22-36)40(50)39(46-42(52)53)29-31-17-23-37(24-18-31)48(54)55/h2-3,5-8,11-26,39,44,46,49H,4,9-10,27-30H2,1H3,(H,45,51)(H,52,53)/t39-/m0/s1. The first-order valence-corrected chi connectivity index (χ1v) is 18.2. The molecule has 0 spiro atoms. The van der Waals surface area contributed by atoms with E-state index in [0.29, 0.717) is 42.6 Å². The molecule has 5 aromatic rings. The molecule has 0 unspecified atom stereocenters. The summed E-state index contributed by atoms with van der Waals surface area (Å²) in [5, 5.41) is 39.0. The summed E-state index contributed by atoms with van der Waals surface area (Å²) in [6, 6.07) is 38.0. The molecule has 5 rings (SSSR count). The monoisotopic (exact) mass is 759 g/mol. The van der Waals surface area contributed by atoms with E-state index in [2.05, 4.69) is 40.2 Å². The number of carbonyl (C=O) groups excluding carboxylic acids is 2. The lowest BCUT2D eigenvalue weighted by Crippen LogP contribution is -2.52. The number of aliphatic hydroxyl groups excluding tert-OH is 1. The third kappa shape index (κ3) is 10.3. The molecule has 290 valence electrons. The number of methoxy groups -OCH3 is 1. The second kappa shape index (κ2) is 19.7. The van der Waals surface area contributed by atoms with E-state index in [4.69, 9.17) is 4.74 Å².